The first-order chi connectivity index (χ1) is 11.0. The molecule has 2 heterocycles. The lowest BCUT2D eigenvalue weighted by Crippen LogP contribution is -2.33. The van der Waals surface area contributed by atoms with Crippen LogP contribution in [0.4, 0.5) is 10.5 Å². The third-order valence-corrected chi connectivity index (χ3v) is 4.73. The summed E-state index contributed by atoms with van der Waals surface area (Å²) in [5, 5.41) is 14.9. The van der Waals surface area contributed by atoms with Gasteiger partial charge in [-0.25, -0.2) is 4.79 Å². The first-order valence-corrected chi connectivity index (χ1v) is 7.81. The van der Waals surface area contributed by atoms with Crippen LogP contribution in [0.3, 0.4) is 0 Å². The van der Waals surface area contributed by atoms with Crippen molar-refractivity contribution in [2.75, 3.05) is 18.0 Å². The molecule has 1 aliphatic rings. The fraction of sp³-hybridized carbons (Fsp3) is 0.357. The maximum absolute atomic E-state index is 12.0. The minimum Gasteiger partial charge on any atom is -0.442 e. The van der Waals surface area contributed by atoms with Gasteiger partial charge in [0.2, 0.25) is 10.7 Å². The number of fused-ring (bicyclic) bond motifs is 1. The molecule has 1 fully saturated rings. The number of hydrogen-bond acceptors (Lipinski definition) is 6. The number of nitrogens with zero attached hydrogens (tertiary/aromatic N) is 3. The van der Waals surface area contributed by atoms with Crippen LogP contribution in [0, 0.1) is 0 Å². The van der Waals surface area contributed by atoms with E-state index in [9.17, 15) is 9.59 Å². The number of benzene rings is 1. The van der Waals surface area contributed by atoms with E-state index in [0.717, 1.165) is 10.2 Å². The smallest absolute Gasteiger partial charge is 0.414 e. The Kier molecular flexibility index (Phi) is 3.95. The lowest BCUT2D eigenvalue weighted by atomic mass is 10.2. The number of nitrogens with one attached hydrogen (secondary N) is 1. The third-order valence-electron chi connectivity index (χ3n) is 3.64. The molecule has 1 saturated heterocycles. The van der Waals surface area contributed by atoms with Crippen LogP contribution < -0.4 is 15.0 Å². The van der Waals surface area contributed by atoms with Gasteiger partial charge in [-0.3, -0.25) is 9.69 Å². The van der Waals surface area contributed by atoms with E-state index in [2.05, 4.69) is 10.5 Å². The predicted octanol–water partition coefficient (Wildman–Crippen LogP) is 0.991. The Balaban J connectivity index is 1.85. The molecule has 2 aromatic rings. The van der Waals surface area contributed by atoms with Gasteiger partial charge < -0.3 is 19.8 Å². The van der Waals surface area contributed by atoms with Crippen molar-refractivity contribution in [2.24, 2.45) is 12.2 Å². The predicted molar refractivity (Wildman–Crippen MR) is 84.4 cm³/mol. The second-order valence-electron chi connectivity index (χ2n) is 5.25. The van der Waals surface area contributed by atoms with Crippen LogP contribution >= 0.6 is 11.3 Å². The molecule has 0 bridgehead atoms. The fourth-order valence-corrected chi connectivity index (χ4v) is 3.45. The van der Waals surface area contributed by atoms with Gasteiger partial charge in [0, 0.05) is 19.7 Å². The molecule has 1 aromatic carbocycles. The number of hydrogen-bond donors (Lipinski definition) is 2. The quantitative estimate of drug-likeness (QED) is 0.645. The second-order valence-corrected chi connectivity index (χ2v) is 6.26. The van der Waals surface area contributed by atoms with Gasteiger partial charge in [-0.05, 0) is 18.2 Å². The molecule has 0 radical (unpaired) electrons. The molecule has 1 atom stereocenters. The van der Waals surface area contributed by atoms with Gasteiger partial charge in [-0.2, -0.15) is 0 Å². The standard InChI is InChI=1S/C14H16N4O4S/c1-8(19)15-6-10-7-18(14(20)22-10)9-3-4-11-12(5-9)23-13(16-21)17(11)2/h3-5,10,21H,6-7H2,1-2H3,(H,15,19). The molecule has 0 spiro atoms. The van der Waals surface area contributed by atoms with E-state index in [1.54, 1.807) is 11.6 Å². The summed E-state index contributed by atoms with van der Waals surface area (Å²) in [5.41, 5.74) is 1.62. The average Bonchev–Trinajstić information content (AvgIpc) is 3.05. The number of aromatic nitrogens is 1. The van der Waals surface area contributed by atoms with Crippen molar-refractivity contribution < 1.29 is 19.5 Å². The largest absolute Gasteiger partial charge is 0.442 e. The van der Waals surface area contributed by atoms with Crippen LogP contribution in [0.25, 0.3) is 10.2 Å². The van der Waals surface area contributed by atoms with Gasteiger partial charge in [0.25, 0.3) is 0 Å². The fourth-order valence-electron chi connectivity index (χ4n) is 2.48. The first kappa shape index (κ1) is 15.3. The number of thiazole rings is 1. The van der Waals surface area contributed by atoms with Crippen LogP contribution in [0.1, 0.15) is 6.92 Å². The average molecular weight is 336 g/mol. The number of cyclic esters (lactones) is 1. The molecule has 3 rings (SSSR count). The normalized spacial score (nSPS) is 18.5. The molecule has 0 aliphatic carbocycles. The monoisotopic (exact) mass is 336 g/mol. The highest BCUT2D eigenvalue weighted by Crippen LogP contribution is 2.27. The van der Waals surface area contributed by atoms with E-state index in [0.29, 0.717) is 23.6 Å². The Morgan fingerprint density at radius 3 is 3.04 bits per heavy atom. The minimum atomic E-state index is -0.437. The Labute approximate surface area is 135 Å². The van der Waals surface area contributed by atoms with Crippen LogP contribution in [-0.4, -0.2) is 41.0 Å². The van der Waals surface area contributed by atoms with Crippen LogP contribution in [0.2, 0.25) is 0 Å². The van der Waals surface area contributed by atoms with Gasteiger partial charge >= 0.3 is 6.09 Å². The molecule has 23 heavy (non-hydrogen) atoms. The highest BCUT2D eigenvalue weighted by molar-refractivity contribution is 7.16. The Morgan fingerprint density at radius 1 is 1.57 bits per heavy atom. The maximum Gasteiger partial charge on any atom is 0.414 e. The molecular weight excluding hydrogens is 320 g/mol. The number of ether oxygens (including phenoxy) is 1. The molecule has 0 saturated carbocycles. The van der Waals surface area contributed by atoms with Gasteiger partial charge in [-0.15, -0.1) is 0 Å². The summed E-state index contributed by atoms with van der Waals surface area (Å²) >= 11 is 1.32. The highest BCUT2D eigenvalue weighted by atomic mass is 32.1. The summed E-state index contributed by atoms with van der Waals surface area (Å²) in [6, 6.07) is 5.54. The number of anilines is 1. The van der Waals surface area contributed by atoms with Crippen molar-refractivity contribution in [1.82, 2.24) is 9.88 Å². The third kappa shape index (κ3) is 2.87. The minimum absolute atomic E-state index is 0.160. The summed E-state index contributed by atoms with van der Waals surface area (Å²) < 4.78 is 7.92. The van der Waals surface area contributed by atoms with Crippen molar-refractivity contribution in [3.05, 3.63) is 23.0 Å². The SMILES string of the molecule is CC(=O)NCC1CN(c2ccc3c(c2)sc(=NO)n3C)C(=O)O1. The van der Waals surface area contributed by atoms with Crippen molar-refractivity contribution in [2.45, 2.75) is 13.0 Å². The second kappa shape index (κ2) is 5.92. The molecule has 2 N–H and O–H groups in total. The molecule has 1 aliphatic heterocycles. The van der Waals surface area contributed by atoms with Crippen molar-refractivity contribution in [1.29, 1.82) is 0 Å². The summed E-state index contributed by atoms with van der Waals surface area (Å²) in [5.74, 6) is -0.160. The molecule has 122 valence electrons. The molecule has 1 unspecified atom stereocenters. The number of carbonyl (C=O) groups is 2. The summed E-state index contributed by atoms with van der Waals surface area (Å²) in [6.07, 6.45) is -0.808. The molecule has 1 aromatic heterocycles. The number of amides is 2. The molecule has 8 nitrogen and oxygen atoms in total. The highest BCUT2D eigenvalue weighted by Gasteiger charge is 2.32. The number of aryl methyl sites for hydroxylation is 1. The van der Waals surface area contributed by atoms with Crippen LogP contribution in [0.5, 0.6) is 0 Å². The van der Waals surface area contributed by atoms with Crippen molar-refractivity contribution in [3.8, 4) is 0 Å². The molecular formula is C14H16N4O4S. The Hall–Kier alpha value is -2.55. The van der Waals surface area contributed by atoms with E-state index in [1.807, 2.05) is 18.2 Å². The molecule has 9 heteroatoms. The maximum atomic E-state index is 12.0. The van der Waals surface area contributed by atoms with E-state index in [4.69, 9.17) is 9.94 Å². The Bertz CT molecular complexity index is 841. The van der Waals surface area contributed by atoms with Crippen molar-refractivity contribution >= 4 is 39.2 Å². The van der Waals surface area contributed by atoms with Gasteiger partial charge in [0.05, 0.1) is 23.3 Å². The van der Waals surface area contributed by atoms with E-state index in [1.165, 1.54) is 23.2 Å². The van der Waals surface area contributed by atoms with Gasteiger partial charge in [0.15, 0.2) is 0 Å². The number of rotatable bonds is 3. The summed E-state index contributed by atoms with van der Waals surface area (Å²) in [7, 11) is 1.81. The van der Waals surface area contributed by atoms with Gasteiger partial charge in [-0.1, -0.05) is 16.5 Å². The van der Waals surface area contributed by atoms with Gasteiger partial charge in [0.1, 0.15) is 6.10 Å². The zero-order valence-electron chi connectivity index (χ0n) is 12.6. The van der Waals surface area contributed by atoms with E-state index in [-0.39, 0.29) is 12.0 Å². The number of carbonyl (C=O) groups excluding carboxylic acids is 2. The lowest BCUT2D eigenvalue weighted by molar-refractivity contribution is -0.119. The van der Waals surface area contributed by atoms with Crippen LogP contribution in [-0.2, 0) is 16.6 Å². The summed E-state index contributed by atoms with van der Waals surface area (Å²) in [6.45, 7) is 2.09. The summed E-state index contributed by atoms with van der Waals surface area (Å²) in [4.78, 5) is 25.0. The van der Waals surface area contributed by atoms with E-state index < -0.39 is 6.09 Å². The molecule has 2 amide bonds. The Morgan fingerprint density at radius 2 is 2.35 bits per heavy atom. The topological polar surface area (TPSA) is 96.2 Å². The zero-order valence-corrected chi connectivity index (χ0v) is 13.5. The lowest BCUT2D eigenvalue weighted by Gasteiger charge is -2.13. The van der Waals surface area contributed by atoms with Crippen LogP contribution in [0.15, 0.2) is 23.4 Å². The zero-order chi connectivity index (χ0) is 16.6. The van der Waals surface area contributed by atoms with E-state index >= 15 is 0 Å². The first-order valence-electron chi connectivity index (χ1n) is 7.00. The van der Waals surface area contributed by atoms with Crippen molar-refractivity contribution in [3.63, 3.8) is 0 Å².